The minimum absolute atomic E-state index is 0.127. The van der Waals surface area contributed by atoms with Crippen molar-refractivity contribution in [1.29, 1.82) is 0 Å². The van der Waals surface area contributed by atoms with Crippen molar-refractivity contribution in [1.82, 2.24) is 0 Å². The highest BCUT2D eigenvalue weighted by Crippen LogP contribution is 2.04. The van der Waals surface area contributed by atoms with Crippen LogP contribution in [0.5, 0.6) is 0 Å². The van der Waals surface area contributed by atoms with Crippen LogP contribution in [0.4, 0.5) is 0 Å². The Hall–Kier alpha value is -0.570. The van der Waals surface area contributed by atoms with Gasteiger partial charge in [0.1, 0.15) is 0 Å². The Morgan fingerprint density at radius 1 is 1.29 bits per heavy atom. The zero-order chi connectivity index (χ0) is 11.0. The fourth-order valence-corrected chi connectivity index (χ4v) is 1.05. The summed E-state index contributed by atoms with van der Waals surface area (Å²) < 4.78 is 5.09. The van der Waals surface area contributed by atoms with E-state index in [1.54, 1.807) is 6.92 Å². The summed E-state index contributed by atoms with van der Waals surface area (Å²) in [7, 11) is 0. The zero-order valence-corrected chi connectivity index (χ0v) is 9.58. The molecule has 0 spiro atoms. The van der Waals surface area contributed by atoms with Crippen molar-refractivity contribution in [3.8, 4) is 0 Å². The Morgan fingerprint density at radius 3 is 2.43 bits per heavy atom. The van der Waals surface area contributed by atoms with Gasteiger partial charge in [0.2, 0.25) is 0 Å². The number of carbonyl (C=O) groups excluding carboxylic acids is 1. The second kappa shape index (κ2) is 7.80. The minimum atomic E-state index is -0.193. The maximum absolute atomic E-state index is 11.3. The van der Waals surface area contributed by atoms with Gasteiger partial charge in [0.25, 0.3) is 0 Å². The van der Waals surface area contributed by atoms with E-state index < -0.39 is 0 Å². The van der Waals surface area contributed by atoms with Gasteiger partial charge in [-0.1, -0.05) is 33.1 Å². The van der Waals surface area contributed by atoms with Crippen LogP contribution in [-0.4, -0.2) is 18.6 Å². The summed E-state index contributed by atoms with van der Waals surface area (Å²) in [5.74, 6) is -0.363. The normalized spacial score (nSPS) is 14.9. The molecule has 0 aromatic carbocycles. The van der Waals surface area contributed by atoms with Crippen molar-refractivity contribution < 1.29 is 9.53 Å². The smallest absolute Gasteiger partial charge is 0.310 e. The number of carbonyl (C=O) groups is 1. The molecule has 0 radical (unpaired) electrons. The van der Waals surface area contributed by atoms with Gasteiger partial charge in [-0.3, -0.25) is 4.79 Å². The summed E-state index contributed by atoms with van der Waals surface area (Å²) in [6.07, 6.45) is 4.51. The van der Waals surface area contributed by atoms with Gasteiger partial charge in [-0.25, -0.2) is 0 Å². The first kappa shape index (κ1) is 13.4. The third kappa shape index (κ3) is 5.97. The summed E-state index contributed by atoms with van der Waals surface area (Å²) in [5, 5.41) is 0. The van der Waals surface area contributed by atoms with E-state index in [4.69, 9.17) is 10.5 Å². The fourth-order valence-electron chi connectivity index (χ4n) is 1.05. The van der Waals surface area contributed by atoms with Gasteiger partial charge in [0.05, 0.1) is 12.5 Å². The van der Waals surface area contributed by atoms with E-state index >= 15 is 0 Å². The van der Waals surface area contributed by atoms with E-state index in [1.807, 2.05) is 6.92 Å². The molecule has 0 aliphatic heterocycles. The molecular weight excluding hydrogens is 178 g/mol. The van der Waals surface area contributed by atoms with Crippen molar-refractivity contribution in [2.45, 2.75) is 52.5 Å². The molecule has 0 aliphatic carbocycles. The first-order valence-electron chi connectivity index (χ1n) is 5.51. The highest BCUT2D eigenvalue weighted by molar-refractivity contribution is 5.72. The number of ether oxygens (including phenoxy) is 1. The Morgan fingerprint density at radius 2 is 1.93 bits per heavy atom. The fraction of sp³-hybridized carbons (Fsp3) is 0.909. The van der Waals surface area contributed by atoms with Crippen LogP contribution in [0.15, 0.2) is 0 Å². The molecule has 2 atom stereocenters. The van der Waals surface area contributed by atoms with E-state index in [2.05, 4.69) is 6.92 Å². The van der Waals surface area contributed by atoms with Gasteiger partial charge in [0, 0.05) is 6.04 Å². The quantitative estimate of drug-likeness (QED) is 0.507. The summed E-state index contributed by atoms with van der Waals surface area (Å²) in [6.45, 7) is 6.32. The van der Waals surface area contributed by atoms with Gasteiger partial charge in [0.15, 0.2) is 0 Å². The number of unbranched alkanes of at least 4 members (excludes halogenated alkanes) is 3. The van der Waals surface area contributed by atoms with Crippen LogP contribution in [-0.2, 0) is 9.53 Å². The molecule has 0 rings (SSSR count). The predicted molar refractivity (Wildman–Crippen MR) is 57.9 cm³/mol. The average Bonchev–Trinajstić information content (AvgIpc) is 2.16. The van der Waals surface area contributed by atoms with Crippen LogP contribution in [0.3, 0.4) is 0 Å². The van der Waals surface area contributed by atoms with E-state index in [0.717, 1.165) is 12.8 Å². The molecule has 0 saturated carbocycles. The van der Waals surface area contributed by atoms with E-state index in [0.29, 0.717) is 6.61 Å². The van der Waals surface area contributed by atoms with Crippen LogP contribution in [0, 0.1) is 5.92 Å². The molecule has 2 unspecified atom stereocenters. The van der Waals surface area contributed by atoms with Gasteiger partial charge < -0.3 is 10.5 Å². The lowest BCUT2D eigenvalue weighted by Gasteiger charge is -2.14. The second-order valence-corrected chi connectivity index (χ2v) is 3.88. The molecule has 0 aliphatic rings. The summed E-state index contributed by atoms with van der Waals surface area (Å²) in [5.41, 5.74) is 5.59. The van der Waals surface area contributed by atoms with Crippen LogP contribution in [0.1, 0.15) is 46.5 Å². The number of hydrogen-bond acceptors (Lipinski definition) is 3. The van der Waals surface area contributed by atoms with Gasteiger partial charge >= 0.3 is 5.97 Å². The summed E-state index contributed by atoms with van der Waals surface area (Å²) in [4.78, 5) is 11.3. The van der Waals surface area contributed by atoms with Gasteiger partial charge in [-0.2, -0.15) is 0 Å². The van der Waals surface area contributed by atoms with E-state index in [9.17, 15) is 4.79 Å². The molecule has 3 heteroatoms. The van der Waals surface area contributed by atoms with Crippen LogP contribution >= 0.6 is 0 Å². The Bertz CT molecular complexity index is 157. The molecule has 0 amide bonds. The maximum Gasteiger partial charge on any atom is 0.310 e. The summed E-state index contributed by atoms with van der Waals surface area (Å²) in [6, 6.07) is -0.127. The highest BCUT2D eigenvalue weighted by Gasteiger charge is 2.17. The molecule has 2 N–H and O–H groups in total. The Kier molecular flexibility index (Phi) is 7.48. The van der Waals surface area contributed by atoms with Crippen molar-refractivity contribution in [3.05, 3.63) is 0 Å². The number of esters is 1. The SMILES string of the molecule is CCCCCCOC(=O)C(C)C(C)N. The first-order chi connectivity index (χ1) is 6.59. The van der Waals surface area contributed by atoms with Crippen LogP contribution in [0.2, 0.25) is 0 Å². The molecule has 0 aromatic heterocycles. The molecule has 0 bridgehead atoms. The third-order valence-electron chi connectivity index (χ3n) is 2.40. The largest absolute Gasteiger partial charge is 0.465 e. The predicted octanol–water partition coefficient (Wildman–Crippen LogP) is 2.09. The average molecular weight is 201 g/mol. The molecular formula is C11H23NO2. The molecule has 0 aromatic rings. The first-order valence-corrected chi connectivity index (χ1v) is 5.51. The van der Waals surface area contributed by atoms with Crippen molar-refractivity contribution in [2.75, 3.05) is 6.61 Å². The van der Waals surface area contributed by atoms with Gasteiger partial charge in [-0.15, -0.1) is 0 Å². The molecule has 0 fully saturated rings. The lowest BCUT2D eigenvalue weighted by atomic mass is 10.1. The Balaban J connectivity index is 3.44. The molecule has 0 heterocycles. The monoisotopic (exact) mass is 201 g/mol. The number of nitrogens with two attached hydrogens (primary N) is 1. The van der Waals surface area contributed by atoms with Crippen molar-refractivity contribution >= 4 is 5.97 Å². The zero-order valence-electron chi connectivity index (χ0n) is 9.58. The van der Waals surface area contributed by atoms with Crippen LogP contribution < -0.4 is 5.73 Å². The van der Waals surface area contributed by atoms with Crippen LogP contribution in [0.25, 0.3) is 0 Å². The summed E-state index contributed by atoms with van der Waals surface area (Å²) >= 11 is 0. The van der Waals surface area contributed by atoms with Crippen molar-refractivity contribution in [3.63, 3.8) is 0 Å². The maximum atomic E-state index is 11.3. The highest BCUT2D eigenvalue weighted by atomic mass is 16.5. The van der Waals surface area contributed by atoms with Gasteiger partial charge in [-0.05, 0) is 13.3 Å². The molecule has 3 nitrogen and oxygen atoms in total. The molecule has 0 saturated heterocycles. The van der Waals surface area contributed by atoms with E-state index in [1.165, 1.54) is 12.8 Å². The lowest BCUT2D eigenvalue weighted by molar-refractivity contribution is -0.148. The van der Waals surface area contributed by atoms with E-state index in [-0.39, 0.29) is 17.9 Å². The standard InChI is InChI=1S/C11H23NO2/c1-4-5-6-7-8-14-11(13)9(2)10(3)12/h9-10H,4-8,12H2,1-3H3. The topological polar surface area (TPSA) is 52.3 Å². The minimum Gasteiger partial charge on any atom is -0.465 e. The molecule has 14 heavy (non-hydrogen) atoms. The number of hydrogen-bond donors (Lipinski definition) is 1. The third-order valence-corrected chi connectivity index (χ3v) is 2.40. The Labute approximate surface area is 87.0 Å². The number of rotatable bonds is 7. The van der Waals surface area contributed by atoms with Crippen molar-refractivity contribution in [2.24, 2.45) is 11.7 Å². The second-order valence-electron chi connectivity index (χ2n) is 3.88. The molecule has 84 valence electrons. The lowest BCUT2D eigenvalue weighted by Crippen LogP contribution is -2.32.